The largest absolute Gasteiger partial charge is 0.456 e. The Morgan fingerprint density at radius 3 is 2.53 bits per heavy atom. The van der Waals surface area contributed by atoms with Crippen LogP contribution in [0, 0.1) is 5.82 Å². The third-order valence-corrected chi connectivity index (χ3v) is 3.25. The number of halogens is 3. The zero-order valence-electron chi connectivity index (χ0n) is 9.48. The molecule has 6 heteroatoms. The molecule has 2 rings (SSSR count). The van der Waals surface area contributed by atoms with Crippen LogP contribution < -0.4 is 4.74 Å². The lowest BCUT2D eigenvalue weighted by atomic mass is 10.2. The van der Waals surface area contributed by atoms with Gasteiger partial charge in [-0.05, 0) is 52.3 Å². The zero-order valence-corrected chi connectivity index (χ0v) is 11.8. The molecule has 0 heterocycles. The van der Waals surface area contributed by atoms with Crippen LogP contribution in [0.5, 0.6) is 11.5 Å². The molecule has 3 nitrogen and oxygen atoms in total. The van der Waals surface area contributed by atoms with Gasteiger partial charge in [0.1, 0.15) is 17.3 Å². The molecule has 0 saturated carbocycles. The summed E-state index contributed by atoms with van der Waals surface area (Å²) in [6, 6.07) is 10.7. The first-order chi connectivity index (χ1) is 9.10. The van der Waals surface area contributed by atoms with Crippen molar-refractivity contribution in [2.24, 2.45) is 5.16 Å². The van der Waals surface area contributed by atoms with Gasteiger partial charge in [0.15, 0.2) is 5.17 Å². The van der Waals surface area contributed by atoms with Gasteiger partial charge in [0.25, 0.3) is 0 Å². The van der Waals surface area contributed by atoms with Gasteiger partial charge in [-0.3, -0.25) is 0 Å². The summed E-state index contributed by atoms with van der Waals surface area (Å²) in [5, 5.41) is 11.4. The number of benzene rings is 2. The summed E-state index contributed by atoms with van der Waals surface area (Å²) in [5.74, 6) is 0.498. The molecule has 2 aromatic rings. The molecule has 0 aliphatic carbocycles. The van der Waals surface area contributed by atoms with Crippen molar-refractivity contribution in [2.75, 3.05) is 0 Å². The normalized spacial score (nSPS) is 11.4. The standard InChI is InChI=1S/C13H8BrClFNO2/c14-11-6-3-9(16)7-12(11)19-10-4-1-8(2-5-10)13(15)17-18/h1-7,18H. The van der Waals surface area contributed by atoms with Gasteiger partial charge in [-0.2, -0.15) is 0 Å². The number of hydrogen-bond acceptors (Lipinski definition) is 3. The first kappa shape index (κ1) is 13.8. The Morgan fingerprint density at radius 1 is 1.21 bits per heavy atom. The minimum absolute atomic E-state index is 0.0153. The van der Waals surface area contributed by atoms with Crippen LogP contribution in [-0.2, 0) is 0 Å². The monoisotopic (exact) mass is 343 g/mol. The molecular weight excluding hydrogens is 337 g/mol. The van der Waals surface area contributed by atoms with Gasteiger partial charge in [0, 0.05) is 11.6 Å². The second-order valence-electron chi connectivity index (χ2n) is 3.59. The highest BCUT2D eigenvalue weighted by Gasteiger charge is 2.06. The fourth-order valence-corrected chi connectivity index (χ4v) is 1.85. The maximum Gasteiger partial charge on any atom is 0.175 e. The van der Waals surface area contributed by atoms with Crippen LogP contribution in [-0.4, -0.2) is 10.4 Å². The lowest BCUT2D eigenvalue weighted by molar-refractivity contribution is 0.321. The SMILES string of the molecule is ON=C(Cl)c1ccc(Oc2cc(F)ccc2Br)cc1. The van der Waals surface area contributed by atoms with Gasteiger partial charge in [-0.15, -0.1) is 0 Å². The van der Waals surface area contributed by atoms with E-state index in [-0.39, 0.29) is 11.0 Å². The highest BCUT2D eigenvalue weighted by molar-refractivity contribution is 9.10. The van der Waals surface area contributed by atoms with E-state index < -0.39 is 0 Å². The van der Waals surface area contributed by atoms with Crippen molar-refractivity contribution in [2.45, 2.75) is 0 Å². The van der Waals surface area contributed by atoms with Crippen LogP contribution in [0.1, 0.15) is 5.56 Å². The quantitative estimate of drug-likeness (QED) is 0.496. The Morgan fingerprint density at radius 2 is 1.89 bits per heavy atom. The highest BCUT2D eigenvalue weighted by atomic mass is 79.9. The minimum Gasteiger partial charge on any atom is -0.456 e. The van der Waals surface area contributed by atoms with E-state index in [1.165, 1.54) is 12.1 Å². The summed E-state index contributed by atoms with van der Waals surface area (Å²) in [6.45, 7) is 0. The molecule has 0 unspecified atom stereocenters. The molecule has 0 aromatic heterocycles. The molecule has 0 saturated heterocycles. The van der Waals surface area contributed by atoms with Crippen molar-refractivity contribution in [3.05, 3.63) is 58.3 Å². The molecule has 0 aliphatic heterocycles. The fraction of sp³-hybridized carbons (Fsp3) is 0. The second-order valence-corrected chi connectivity index (χ2v) is 4.80. The van der Waals surface area contributed by atoms with E-state index in [1.807, 2.05) is 0 Å². The van der Waals surface area contributed by atoms with E-state index in [0.29, 0.717) is 21.5 Å². The second kappa shape index (κ2) is 6.04. The van der Waals surface area contributed by atoms with Gasteiger partial charge in [0.2, 0.25) is 0 Å². The molecule has 0 atom stereocenters. The van der Waals surface area contributed by atoms with Gasteiger partial charge >= 0.3 is 0 Å². The summed E-state index contributed by atoms with van der Waals surface area (Å²) < 4.78 is 19.3. The lowest BCUT2D eigenvalue weighted by Gasteiger charge is -2.08. The first-order valence-corrected chi connectivity index (χ1v) is 6.38. The van der Waals surface area contributed by atoms with E-state index in [4.69, 9.17) is 21.5 Å². The van der Waals surface area contributed by atoms with Crippen molar-refractivity contribution >= 4 is 32.7 Å². The molecule has 0 bridgehead atoms. The summed E-state index contributed by atoms with van der Waals surface area (Å²) >= 11 is 8.92. The van der Waals surface area contributed by atoms with Crippen molar-refractivity contribution in [3.63, 3.8) is 0 Å². The molecule has 98 valence electrons. The molecule has 0 amide bonds. The van der Waals surface area contributed by atoms with Crippen LogP contribution in [0.3, 0.4) is 0 Å². The van der Waals surface area contributed by atoms with Crippen LogP contribution in [0.4, 0.5) is 4.39 Å². The predicted molar refractivity (Wildman–Crippen MR) is 74.8 cm³/mol. The van der Waals surface area contributed by atoms with Crippen molar-refractivity contribution in [1.29, 1.82) is 0 Å². The van der Waals surface area contributed by atoms with Crippen LogP contribution in [0.25, 0.3) is 0 Å². The number of rotatable bonds is 3. The molecular formula is C13H8BrClFNO2. The summed E-state index contributed by atoms with van der Waals surface area (Å²) in [6.07, 6.45) is 0. The van der Waals surface area contributed by atoms with Crippen molar-refractivity contribution in [3.8, 4) is 11.5 Å². The van der Waals surface area contributed by atoms with E-state index in [1.54, 1.807) is 30.3 Å². The first-order valence-electron chi connectivity index (χ1n) is 5.21. The summed E-state index contributed by atoms with van der Waals surface area (Å²) in [7, 11) is 0. The van der Waals surface area contributed by atoms with Crippen molar-refractivity contribution < 1.29 is 14.3 Å². The van der Waals surface area contributed by atoms with Gasteiger partial charge < -0.3 is 9.94 Å². The van der Waals surface area contributed by atoms with Crippen LogP contribution >= 0.6 is 27.5 Å². The molecule has 0 spiro atoms. The van der Waals surface area contributed by atoms with Crippen molar-refractivity contribution in [1.82, 2.24) is 0 Å². The average Bonchev–Trinajstić information content (AvgIpc) is 2.43. The van der Waals surface area contributed by atoms with Gasteiger partial charge in [-0.1, -0.05) is 16.8 Å². The molecule has 0 aliphatic rings. The Kier molecular flexibility index (Phi) is 4.39. The third-order valence-electron chi connectivity index (χ3n) is 2.30. The number of oxime groups is 1. The Labute approximate surface area is 122 Å². The maximum atomic E-state index is 13.1. The molecule has 0 radical (unpaired) electrons. The minimum atomic E-state index is -0.384. The predicted octanol–water partition coefficient (Wildman–Crippen LogP) is 4.76. The smallest absolute Gasteiger partial charge is 0.175 e. The van der Waals surface area contributed by atoms with Gasteiger partial charge in [-0.25, -0.2) is 4.39 Å². The van der Waals surface area contributed by atoms with Gasteiger partial charge in [0.05, 0.1) is 4.47 Å². The maximum absolute atomic E-state index is 13.1. The fourth-order valence-electron chi connectivity index (χ4n) is 1.40. The van der Waals surface area contributed by atoms with E-state index in [0.717, 1.165) is 0 Å². The Bertz CT molecular complexity index is 617. The third kappa shape index (κ3) is 3.45. The molecule has 1 N–H and O–H groups in total. The number of nitrogens with zero attached hydrogens (tertiary/aromatic N) is 1. The highest BCUT2D eigenvalue weighted by Crippen LogP contribution is 2.30. The average molecular weight is 345 g/mol. The summed E-state index contributed by atoms with van der Waals surface area (Å²) in [4.78, 5) is 0. The van der Waals surface area contributed by atoms with E-state index in [9.17, 15) is 4.39 Å². The zero-order chi connectivity index (χ0) is 13.8. The number of hydrogen-bond donors (Lipinski definition) is 1. The topological polar surface area (TPSA) is 41.8 Å². The van der Waals surface area contributed by atoms with Crippen LogP contribution in [0.2, 0.25) is 0 Å². The molecule has 0 fully saturated rings. The summed E-state index contributed by atoms with van der Waals surface area (Å²) in [5.41, 5.74) is 0.551. The van der Waals surface area contributed by atoms with Crippen LogP contribution in [0.15, 0.2) is 52.1 Å². The Balaban J connectivity index is 2.22. The molecule has 2 aromatic carbocycles. The number of ether oxygens (including phenoxy) is 1. The Hall–Kier alpha value is -1.59. The van der Waals surface area contributed by atoms with E-state index in [2.05, 4.69) is 21.1 Å². The lowest BCUT2D eigenvalue weighted by Crippen LogP contribution is -1.91. The van der Waals surface area contributed by atoms with E-state index >= 15 is 0 Å². The molecule has 19 heavy (non-hydrogen) atoms.